The molecule has 12 heteroatoms. The predicted molar refractivity (Wildman–Crippen MR) is 144 cm³/mol. The van der Waals surface area contributed by atoms with Gasteiger partial charge in [-0.05, 0) is 49.5 Å². The number of amides is 1. The van der Waals surface area contributed by atoms with Gasteiger partial charge in [-0.1, -0.05) is 12.1 Å². The fourth-order valence-corrected chi connectivity index (χ4v) is 4.30. The molecule has 0 bridgehead atoms. The molecule has 0 spiro atoms. The summed E-state index contributed by atoms with van der Waals surface area (Å²) in [6.07, 6.45) is 2.87. The molecule has 1 aromatic carbocycles. The van der Waals surface area contributed by atoms with Crippen LogP contribution < -0.4 is 25.4 Å². The molecule has 0 atom stereocenters. The van der Waals surface area contributed by atoms with Crippen LogP contribution in [-0.2, 0) is 25.5 Å². The Labute approximate surface area is 223 Å². The lowest BCUT2D eigenvalue weighted by Crippen LogP contribution is -2.40. The van der Waals surface area contributed by atoms with Crippen LogP contribution in [0.2, 0.25) is 0 Å². The van der Waals surface area contributed by atoms with Crippen molar-refractivity contribution in [1.82, 2.24) is 14.9 Å². The molecule has 2 heterocycles. The van der Waals surface area contributed by atoms with Crippen molar-refractivity contribution >= 4 is 29.7 Å². The molecule has 0 aliphatic carbocycles. The molecule has 0 saturated carbocycles. The Kier molecular flexibility index (Phi) is 11.4. The first-order valence-electron chi connectivity index (χ1n) is 12.7. The number of carbonyl (C=O) groups is 2. The summed E-state index contributed by atoms with van der Waals surface area (Å²) in [5, 5.41) is 2.99. The second kappa shape index (κ2) is 14.9. The number of likely N-dealkylation sites (tertiary alicyclic amines) is 1. The highest BCUT2D eigenvalue weighted by Crippen LogP contribution is 2.31. The number of rotatable bonds is 15. The summed E-state index contributed by atoms with van der Waals surface area (Å²) in [6.45, 7) is 4.32. The van der Waals surface area contributed by atoms with E-state index >= 15 is 0 Å². The number of ether oxygens (including phenoxy) is 4. The molecule has 3 rings (SSSR count). The van der Waals surface area contributed by atoms with Gasteiger partial charge in [-0.25, -0.2) is 0 Å². The van der Waals surface area contributed by atoms with Crippen LogP contribution in [0.3, 0.4) is 0 Å². The standard InChI is InChI=1S/C26H38N6O6/c1-28-23-24(27)29-26(38-14-13-35-2)30-25(23)32(18-33)17-19-7-9-31(10-8-19)11-12-37-21-6-4-5-20(15-21)16-22(34)36-3/h4-6,15,18-19,28H,7-14,16-17H2,1-3H3,(H2,27,29,30). The first-order chi connectivity index (χ1) is 18.5. The topological polar surface area (TPSA) is 141 Å². The van der Waals surface area contributed by atoms with Crippen molar-refractivity contribution in [2.75, 3.05) is 83.2 Å². The van der Waals surface area contributed by atoms with Gasteiger partial charge in [-0.15, -0.1) is 0 Å². The van der Waals surface area contributed by atoms with Crippen LogP contribution in [0.1, 0.15) is 18.4 Å². The second-order valence-electron chi connectivity index (χ2n) is 8.97. The fraction of sp³-hybridized carbons (Fsp3) is 0.538. The number of piperidine rings is 1. The van der Waals surface area contributed by atoms with Gasteiger partial charge in [0.15, 0.2) is 11.6 Å². The third-order valence-corrected chi connectivity index (χ3v) is 6.38. The normalized spacial score (nSPS) is 14.1. The zero-order valence-corrected chi connectivity index (χ0v) is 22.4. The Hall–Kier alpha value is -3.64. The minimum atomic E-state index is -0.278. The van der Waals surface area contributed by atoms with Crippen LogP contribution in [0.4, 0.5) is 17.3 Å². The molecule has 0 radical (unpaired) electrons. The van der Waals surface area contributed by atoms with E-state index < -0.39 is 0 Å². The van der Waals surface area contributed by atoms with Crippen molar-refractivity contribution in [3.8, 4) is 11.8 Å². The van der Waals surface area contributed by atoms with E-state index in [2.05, 4.69) is 20.2 Å². The van der Waals surface area contributed by atoms with Crippen molar-refractivity contribution in [3.63, 3.8) is 0 Å². The average molecular weight is 531 g/mol. The van der Waals surface area contributed by atoms with E-state index in [1.807, 2.05) is 24.3 Å². The van der Waals surface area contributed by atoms with Crippen molar-refractivity contribution in [3.05, 3.63) is 29.8 Å². The SMILES string of the molecule is CNc1c(N)nc(OCCOC)nc1N(C=O)CC1CCN(CCOc2cccc(CC(=O)OC)c2)CC1. The highest BCUT2D eigenvalue weighted by atomic mass is 16.5. The maximum Gasteiger partial charge on any atom is 0.320 e. The van der Waals surface area contributed by atoms with E-state index in [1.165, 1.54) is 7.11 Å². The molecular formula is C26H38N6O6. The van der Waals surface area contributed by atoms with Gasteiger partial charge in [0.05, 0.1) is 20.1 Å². The summed E-state index contributed by atoms with van der Waals surface area (Å²) in [5.74, 6) is 1.37. The maximum absolute atomic E-state index is 12.1. The van der Waals surface area contributed by atoms with Gasteiger partial charge in [0, 0.05) is 27.2 Å². The maximum atomic E-state index is 12.1. The number of aromatic nitrogens is 2. The Bertz CT molecular complexity index is 1050. The minimum Gasteiger partial charge on any atom is -0.492 e. The van der Waals surface area contributed by atoms with Crippen molar-refractivity contribution < 1.29 is 28.5 Å². The molecule has 1 amide bonds. The molecule has 1 aliphatic heterocycles. The van der Waals surface area contributed by atoms with Gasteiger partial charge >= 0.3 is 12.0 Å². The lowest BCUT2D eigenvalue weighted by molar-refractivity contribution is -0.139. The van der Waals surface area contributed by atoms with E-state index in [9.17, 15) is 9.59 Å². The van der Waals surface area contributed by atoms with Crippen molar-refractivity contribution in [1.29, 1.82) is 0 Å². The lowest BCUT2D eigenvalue weighted by Gasteiger charge is -2.34. The minimum absolute atomic E-state index is 0.103. The number of anilines is 3. The van der Waals surface area contributed by atoms with Crippen molar-refractivity contribution in [2.24, 2.45) is 5.92 Å². The van der Waals surface area contributed by atoms with Gasteiger partial charge < -0.3 is 30.0 Å². The first kappa shape index (κ1) is 28.9. The molecule has 3 N–H and O–H groups in total. The molecule has 38 heavy (non-hydrogen) atoms. The average Bonchev–Trinajstić information content (AvgIpc) is 2.92. The molecule has 2 aromatic rings. The summed E-state index contributed by atoms with van der Waals surface area (Å²) in [4.78, 5) is 36.1. The highest BCUT2D eigenvalue weighted by molar-refractivity contribution is 5.85. The van der Waals surface area contributed by atoms with Gasteiger partial charge in [-0.2, -0.15) is 9.97 Å². The van der Waals surface area contributed by atoms with E-state index in [4.69, 9.17) is 24.7 Å². The van der Waals surface area contributed by atoms with Gasteiger partial charge in [-0.3, -0.25) is 19.4 Å². The number of esters is 1. The van der Waals surface area contributed by atoms with Crippen LogP contribution in [-0.4, -0.2) is 94.5 Å². The molecule has 1 saturated heterocycles. The largest absolute Gasteiger partial charge is 0.492 e. The summed E-state index contributed by atoms with van der Waals surface area (Å²) < 4.78 is 21.2. The van der Waals surface area contributed by atoms with Gasteiger partial charge in [0.2, 0.25) is 6.41 Å². The van der Waals surface area contributed by atoms with E-state index in [1.54, 1.807) is 19.1 Å². The summed E-state index contributed by atoms with van der Waals surface area (Å²) in [7, 11) is 4.67. The number of hydrogen-bond donors (Lipinski definition) is 2. The van der Waals surface area contributed by atoms with E-state index in [0.29, 0.717) is 37.2 Å². The lowest BCUT2D eigenvalue weighted by atomic mass is 9.96. The number of nitrogens with two attached hydrogens (primary N) is 1. The second-order valence-corrected chi connectivity index (χ2v) is 8.97. The smallest absolute Gasteiger partial charge is 0.320 e. The zero-order chi connectivity index (χ0) is 27.3. The number of hydrogen-bond acceptors (Lipinski definition) is 11. The summed E-state index contributed by atoms with van der Waals surface area (Å²) in [6, 6.07) is 7.60. The number of nitrogens with one attached hydrogen (secondary N) is 1. The number of nitrogen functional groups attached to an aromatic ring is 1. The van der Waals surface area contributed by atoms with E-state index in [0.717, 1.165) is 50.2 Å². The third kappa shape index (κ3) is 8.45. The molecule has 12 nitrogen and oxygen atoms in total. The molecule has 208 valence electrons. The Balaban J connectivity index is 1.50. The molecule has 1 fully saturated rings. The monoisotopic (exact) mass is 530 g/mol. The predicted octanol–water partition coefficient (Wildman–Crippen LogP) is 1.60. The number of benzene rings is 1. The highest BCUT2D eigenvalue weighted by Gasteiger charge is 2.25. The van der Waals surface area contributed by atoms with Crippen LogP contribution in [0.5, 0.6) is 11.8 Å². The van der Waals surface area contributed by atoms with Gasteiger partial charge in [0.1, 0.15) is 24.7 Å². The Morgan fingerprint density at radius 1 is 1.18 bits per heavy atom. The van der Waals surface area contributed by atoms with E-state index in [-0.39, 0.29) is 30.8 Å². The van der Waals surface area contributed by atoms with Crippen LogP contribution in [0, 0.1) is 5.92 Å². The number of carbonyl (C=O) groups excluding carboxylic acids is 2. The molecule has 1 aliphatic rings. The quantitative estimate of drug-likeness (QED) is 0.197. The molecule has 1 aromatic heterocycles. The number of nitrogens with zero attached hydrogens (tertiary/aromatic N) is 4. The zero-order valence-electron chi connectivity index (χ0n) is 22.4. The Morgan fingerprint density at radius 2 is 1.97 bits per heavy atom. The first-order valence-corrected chi connectivity index (χ1v) is 12.7. The third-order valence-electron chi connectivity index (χ3n) is 6.38. The Morgan fingerprint density at radius 3 is 2.66 bits per heavy atom. The summed E-state index contributed by atoms with van der Waals surface area (Å²) in [5.41, 5.74) is 7.44. The van der Waals surface area contributed by atoms with Crippen LogP contribution in [0.25, 0.3) is 0 Å². The molecule has 0 unspecified atom stereocenters. The van der Waals surface area contributed by atoms with Crippen LogP contribution in [0.15, 0.2) is 24.3 Å². The summed E-state index contributed by atoms with van der Waals surface area (Å²) >= 11 is 0. The molecular weight excluding hydrogens is 492 g/mol. The van der Waals surface area contributed by atoms with Crippen molar-refractivity contribution in [2.45, 2.75) is 19.3 Å². The van der Waals surface area contributed by atoms with Crippen LogP contribution >= 0.6 is 0 Å². The van der Waals surface area contributed by atoms with Gasteiger partial charge in [0.25, 0.3) is 0 Å². The number of methoxy groups -OCH3 is 2. The fourth-order valence-electron chi connectivity index (χ4n) is 4.30.